The first-order valence-corrected chi connectivity index (χ1v) is 9.18. The molecular formula is C18H18FN5O6. The smallest absolute Gasteiger partial charge is 0.414 e. The molecule has 4 rings (SSSR count). The zero-order valence-corrected chi connectivity index (χ0v) is 15.9. The fraction of sp³-hybridized carbons (Fsp3) is 0.389. The van der Waals surface area contributed by atoms with Crippen LogP contribution < -0.4 is 15.0 Å². The van der Waals surface area contributed by atoms with E-state index in [0.29, 0.717) is 11.3 Å². The highest BCUT2D eigenvalue weighted by atomic mass is 19.1. The molecule has 1 unspecified atom stereocenters. The van der Waals surface area contributed by atoms with Crippen LogP contribution in [0.25, 0.3) is 0 Å². The lowest BCUT2D eigenvalue weighted by molar-refractivity contribution is -0.389. The summed E-state index contributed by atoms with van der Waals surface area (Å²) in [5.74, 6) is -1.47. The Hall–Kier alpha value is -3.70. The maximum absolute atomic E-state index is 14.9. The number of cyclic esters (lactones) is 1. The van der Waals surface area contributed by atoms with E-state index in [1.54, 1.807) is 12.1 Å². The summed E-state index contributed by atoms with van der Waals surface area (Å²) >= 11 is 0. The molecule has 0 spiro atoms. The number of anilines is 1. The van der Waals surface area contributed by atoms with Gasteiger partial charge in [0.1, 0.15) is 24.7 Å². The maximum Gasteiger partial charge on any atom is 0.414 e. The fourth-order valence-electron chi connectivity index (χ4n) is 3.48. The number of aromatic nitrogens is 2. The number of carbonyl (C=O) groups excluding carboxylic acids is 2. The highest BCUT2D eigenvalue weighted by molar-refractivity contribution is 5.89. The molecule has 1 N–H and O–H groups in total. The summed E-state index contributed by atoms with van der Waals surface area (Å²) in [5.41, 5.74) is 0.699. The van der Waals surface area contributed by atoms with E-state index in [1.165, 1.54) is 28.7 Å². The number of imidazole rings is 1. The highest BCUT2D eigenvalue weighted by Crippen LogP contribution is 2.32. The molecule has 2 atom stereocenters. The zero-order valence-electron chi connectivity index (χ0n) is 15.9. The molecule has 0 saturated carbocycles. The Morgan fingerprint density at radius 2 is 2.23 bits per heavy atom. The summed E-state index contributed by atoms with van der Waals surface area (Å²) in [4.78, 5) is 38.4. The monoisotopic (exact) mass is 419 g/mol. The summed E-state index contributed by atoms with van der Waals surface area (Å²) in [6.45, 7) is 2.12. The van der Waals surface area contributed by atoms with Crippen LogP contribution >= 0.6 is 0 Å². The van der Waals surface area contributed by atoms with E-state index in [-0.39, 0.29) is 49.9 Å². The summed E-state index contributed by atoms with van der Waals surface area (Å²) < 4.78 is 27.0. The molecule has 158 valence electrons. The SMILES string of the molecule is CC(=O)NC[C@H]1CN(c2ccc(C3COc4nc([N+](=O)[O-])cn4C3)c(F)c2)C(=O)O1. The molecule has 1 aromatic carbocycles. The van der Waals surface area contributed by atoms with Gasteiger partial charge in [-0.2, -0.15) is 0 Å². The number of nitrogens with zero attached hydrogens (tertiary/aromatic N) is 4. The minimum Gasteiger partial charge on any atom is -0.445 e. The van der Waals surface area contributed by atoms with Gasteiger partial charge in [0.15, 0.2) is 0 Å². The lowest BCUT2D eigenvalue weighted by Crippen LogP contribution is -2.33. The molecule has 2 aliphatic heterocycles. The molecule has 1 fully saturated rings. The first-order valence-electron chi connectivity index (χ1n) is 9.18. The van der Waals surface area contributed by atoms with Crippen molar-refractivity contribution < 1.29 is 28.4 Å². The Labute approximate surface area is 169 Å². The normalized spacial score (nSPS) is 20.3. The Kier molecular flexibility index (Phi) is 4.98. The minimum atomic E-state index is -0.618. The van der Waals surface area contributed by atoms with Gasteiger partial charge in [0.25, 0.3) is 0 Å². The topological polar surface area (TPSA) is 129 Å². The molecule has 0 bridgehead atoms. The van der Waals surface area contributed by atoms with E-state index in [4.69, 9.17) is 9.47 Å². The van der Waals surface area contributed by atoms with Crippen LogP contribution in [0.2, 0.25) is 0 Å². The van der Waals surface area contributed by atoms with Crippen LogP contribution in [0, 0.1) is 15.9 Å². The lowest BCUT2D eigenvalue weighted by Gasteiger charge is -2.23. The number of fused-ring (bicyclic) bond motifs is 1. The van der Waals surface area contributed by atoms with Gasteiger partial charge in [-0.3, -0.25) is 14.3 Å². The van der Waals surface area contributed by atoms with E-state index in [2.05, 4.69) is 10.3 Å². The zero-order chi connectivity index (χ0) is 21.4. The van der Waals surface area contributed by atoms with Crippen LogP contribution in [0.15, 0.2) is 24.4 Å². The van der Waals surface area contributed by atoms with Crippen LogP contribution in [-0.2, 0) is 16.1 Å². The Bertz CT molecular complexity index is 1020. The molecule has 2 aliphatic rings. The number of ether oxygens (including phenoxy) is 2. The molecular weight excluding hydrogens is 401 g/mol. The average molecular weight is 419 g/mol. The Morgan fingerprint density at radius 3 is 2.93 bits per heavy atom. The van der Waals surface area contributed by atoms with Gasteiger partial charge in [-0.15, -0.1) is 0 Å². The van der Waals surface area contributed by atoms with Crippen molar-refractivity contribution in [3.63, 3.8) is 0 Å². The first kappa shape index (κ1) is 19.6. The van der Waals surface area contributed by atoms with Crippen LogP contribution in [-0.4, -0.2) is 52.3 Å². The van der Waals surface area contributed by atoms with Crippen LogP contribution in [0.1, 0.15) is 18.4 Å². The number of halogens is 1. The quantitative estimate of drug-likeness (QED) is 0.575. The largest absolute Gasteiger partial charge is 0.445 e. The second-order valence-electron chi connectivity index (χ2n) is 7.06. The van der Waals surface area contributed by atoms with Crippen molar-refractivity contribution in [1.29, 1.82) is 0 Å². The third-order valence-corrected chi connectivity index (χ3v) is 4.93. The second kappa shape index (κ2) is 7.61. The fourth-order valence-corrected chi connectivity index (χ4v) is 3.48. The van der Waals surface area contributed by atoms with Gasteiger partial charge in [-0.25, -0.2) is 9.18 Å². The van der Waals surface area contributed by atoms with Gasteiger partial charge in [0.05, 0.1) is 18.8 Å². The molecule has 2 aromatic rings. The van der Waals surface area contributed by atoms with Gasteiger partial charge in [-0.05, 0) is 22.6 Å². The molecule has 3 heterocycles. The average Bonchev–Trinajstić information content (AvgIpc) is 3.29. The molecule has 2 amide bonds. The number of carbonyl (C=O) groups is 2. The van der Waals surface area contributed by atoms with Gasteiger partial charge >= 0.3 is 17.9 Å². The Morgan fingerprint density at radius 1 is 1.43 bits per heavy atom. The van der Waals surface area contributed by atoms with Gasteiger partial charge in [-0.1, -0.05) is 6.07 Å². The molecule has 1 aromatic heterocycles. The predicted octanol–water partition coefficient (Wildman–Crippen LogP) is 1.57. The van der Waals surface area contributed by atoms with E-state index < -0.39 is 22.9 Å². The molecule has 11 nitrogen and oxygen atoms in total. The summed E-state index contributed by atoms with van der Waals surface area (Å²) in [5, 5.41) is 13.4. The van der Waals surface area contributed by atoms with Crippen molar-refractivity contribution in [2.45, 2.75) is 25.5 Å². The second-order valence-corrected chi connectivity index (χ2v) is 7.06. The van der Waals surface area contributed by atoms with Crippen molar-refractivity contribution in [3.8, 4) is 6.01 Å². The number of hydrogen-bond acceptors (Lipinski definition) is 7. The summed E-state index contributed by atoms with van der Waals surface area (Å²) in [7, 11) is 0. The molecule has 0 radical (unpaired) electrons. The number of nitrogens with one attached hydrogen (secondary N) is 1. The van der Waals surface area contributed by atoms with Crippen molar-refractivity contribution in [2.24, 2.45) is 0 Å². The van der Waals surface area contributed by atoms with Gasteiger partial charge < -0.3 is 24.9 Å². The van der Waals surface area contributed by atoms with Crippen molar-refractivity contribution in [3.05, 3.63) is 45.9 Å². The first-order chi connectivity index (χ1) is 14.3. The van der Waals surface area contributed by atoms with E-state index in [9.17, 15) is 24.1 Å². The Balaban J connectivity index is 1.48. The van der Waals surface area contributed by atoms with E-state index in [1.807, 2.05) is 0 Å². The van der Waals surface area contributed by atoms with Gasteiger partial charge in [0.2, 0.25) is 5.91 Å². The molecule has 12 heteroatoms. The van der Waals surface area contributed by atoms with E-state index in [0.717, 1.165) is 0 Å². The summed E-state index contributed by atoms with van der Waals surface area (Å²) in [6, 6.07) is 4.53. The number of rotatable bonds is 5. The molecule has 0 aliphatic carbocycles. The maximum atomic E-state index is 14.9. The number of benzene rings is 1. The standard InChI is InChI=1S/C18H18FN5O6/c1-10(25)20-5-13-7-23(18(26)30-13)12-2-3-14(15(19)4-12)11-6-22-8-16(24(27)28)21-17(22)29-9-11/h2-4,8,11,13H,5-7,9H2,1H3,(H,20,25)/t11?,13-/m0/s1. The van der Waals surface area contributed by atoms with Gasteiger partial charge in [0, 0.05) is 24.4 Å². The van der Waals surface area contributed by atoms with Crippen molar-refractivity contribution in [2.75, 3.05) is 24.6 Å². The number of hydrogen-bond donors (Lipinski definition) is 1. The highest BCUT2D eigenvalue weighted by Gasteiger charge is 2.34. The van der Waals surface area contributed by atoms with Crippen LogP contribution in [0.4, 0.5) is 20.7 Å². The number of amides is 2. The van der Waals surface area contributed by atoms with Crippen LogP contribution in [0.5, 0.6) is 6.01 Å². The van der Waals surface area contributed by atoms with Crippen LogP contribution in [0.3, 0.4) is 0 Å². The lowest BCUT2D eigenvalue weighted by atomic mass is 9.98. The number of nitro groups is 1. The molecule has 1 saturated heterocycles. The van der Waals surface area contributed by atoms with Crippen molar-refractivity contribution >= 4 is 23.5 Å². The van der Waals surface area contributed by atoms with E-state index >= 15 is 0 Å². The summed E-state index contributed by atoms with van der Waals surface area (Å²) in [6.07, 6.45) is 0.114. The predicted molar refractivity (Wildman–Crippen MR) is 99.8 cm³/mol. The molecule has 30 heavy (non-hydrogen) atoms. The third-order valence-electron chi connectivity index (χ3n) is 4.93. The van der Waals surface area contributed by atoms with Crippen molar-refractivity contribution in [1.82, 2.24) is 14.9 Å². The minimum absolute atomic E-state index is 0.120. The third kappa shape index (κ3) is 3.75.